The van der Waals surface area contributed by atoms with E-state index < -0.39 is 0 Å². The minimum Gasteiger partial charge on any atom is -0.319 e. The highest BCUT2D eigenvalue weighted by Crippen LogP contribution is 2.25. The molecule has 0 amide bonds. The first kappa shape index (κ1) is 15.7. The van der Waals surface area contributed by atoms with Gasteiger partial charge in [-0.15, -0.1) is 0 Å². The molecule has 0 heterocycles. The van der Waals surface area contributed by atoms with E-state index >= 15 is 0 Å². The molecule has 1 aromatic carbocycles. The number of rotatable bonds is 6. The highest BCUT2D eigenvalue weighted by molar-refractivity contribution is 9.10. The molecule has 18 heavy (non-hydrogen) atoms. The van der Waals surface area contributed by atoms with Gasteiger partial charge >= 0.3 is 0 Å². The lowest BCUT2D eigenvalue weighted by Gasteiger charge is -2.23. The Kier molecular flexibility index (Phi) is 6.37. The minimum atomic E-state index is 0.434. The Morgan fingerprint density at radius 1 is 1.28 bits per heavy atom. The summed E-state index contributed by atoms with van der Waals surface area (Å²) in [4.78, 5) is 0. The number of halogens is 1. The third-order valence-corrected chi connectivity index (χ3v) is 3.70. The van der Waals surface area contributed by atoms with Crippen LogP contribution in [0.25, 0.3) is 0 Å². The van der Waals surface area contributed by atoms with E-state index in [1.807, 2.05) is 7.05 Å². The van der Waals surface area contributed by atoms with Crippen LogP contribution in [0.5, 0.6) is 0 Å². The zero-order chi connectivity index (χ0) is 13.6. The molecule has 1 atom stereocenters. The van der Waals surface area contributed by atoms with Gasteiger partial charge in [-0.05, 0) is 61.9 Å². The smallest absolute Gasteiger partial charge is 0.0177 e. The Labute approximate surface area is 120 Å². The standard InChI is InChI=1S/C16H26BrN/c1-16(2,3)9-8-14(12-18-4)10-13-6-5-7-15(17)11-13/h5-7,11,14,18H,8-10,12H2,1-4H3. The van der Waals surface area contributed by atoms with Crippen molar-refractivity contribution in [3.8, 4) is 0 Å². The Morgan fingerprint density at radius 2 is 2.00 bits per heavy atom. The average molecular weight is 312 g/mol. The zero-order valence-corrected chi connectivity index (χ0v) is 13.7. The normalized spacial score (nSPS) is 13.6. The molecule has 1 rings (SSSR count). The van der Waals surface area contributed by atoms with Crippen molar-refractivity contribution in [3.63, 3.8) is 0 Å². The molecule has 0 aliphatic heterocycles. The summed E-state index contributed by atoms with van der Waals surface area (Å²) in [6, 6.07) is 8.68. The quantitative estimate of drug-likeness (QED) is 0.806. The first-order chi connectivity index (χ1) is 8.40. The van der Waals surface area contributed by atoms with Crippen molar-refractivity contribution in [3.05, 3.63) is 34.3 Å². The fraction of sp³-hybridized carbons (Fsp3) is 0.625. The lowest BCUT2D eigenvalue weighted by Crippen LogP contribution is -2.22. The van der Waals surface area contributed by atoms with Gasteiger partial charge in [0.2, 0.25) is 0 Å². The maximum atomic E-state index is 3.55. The first-order valence-corrected chi connectivity index (χ1v) is 7.59. The second kappa shape index (κ2) is 7.30. The first-order valence-electron chi connectivity index (χ1n) is 6.80. The number of hydrogen-bond acceptors (Lipinski definition) is 1. The molecule has 0 spiro atoms. The summed E-state index contributed by atoms with van der Waals surface area (Å²) in [5.74, 6) is 0.725. The van der Waals surface area contributed by atoms with E-state index in [2.05, 4.69) is 66.3 Å². The molecule has 1 N–H and O–H groups in total. The van der Waals surface area contributed by atoms with Crippen LogP contribution in [-0.2, 0) is 6.42 Å². The molecule has 1 aromatic rings. The molecule has 0 saturated heterocycles. The molecular formula is C16H26BrN. The maximum Gasteiger partial charge on any atom is 0.0177 e. The number of benzene rings is 1. The van der Waals surface area contributed by atoms with Crippen LogP contribution in [0.1, 0.15) is 39.2 Å². The van der Waals surface area contributed by atoms with E-state index in [0.29, 0.717) is 5.41 Å². The van der Waals surface area contributed by atoms with Crippen LogP contribution in [0.3, 0.4) is 0 Å². The summed E-state index contributed by atoms with van der Waals surface area (Å²) in [5, 5.41) is 3.33. The molecule has 0 radical (unpaired) electrons. The van der Waals surface area contributed by atoms with E-state index in [-0.39, 0.29) is 0 Å². The molecular weight excluding hydrogens is 286 g/mol. The molecule has 0 aliphatic rings. The van der Waals surface area contributed by atoms with Gasteiger partial charge in [-0.3, -0.25) is 0 Å². The summed E-state index contributed by atoms with van der Waals surface area (Å²) in [5.41, 5.74) is 1.86. The summed E-state index contributed by atoms with van der Waals surface area (Å²) in [6.07, 6.45) is 3.74. The topological polar surface area (TPSA) is 12.0 Å². The Hall–Kier alpha value is -0.340. The molecule has 102 valence electrons. The Bertz CT molecular complexity index is 354. The molecule has 0 aliphatic carbocycles. The van der Waals surface area contributed by atoms with Crippen LogP contribution in [0.4, 0.5) is 0 Å². The Morgan fingerprint density at radius 3 is 2.56 bits per heavy atom. The van der Waals surface area contributed by atoms with Crippen molar-refractivity contribution in [2.75, 3.05) is 13.6 Å². The van der Waals surface area contributed by atoms with Crippen molar-refractivity contribution in [2.45, 2.75) is 40.0 Å². The van der Waals surface area contributed by atoms with Crippen molar-refractivity contribution in [1.82, 2.24) is 5.32 Å². The van der Waals surface area contributed by atoms with Gasteiger partial charge in [0.05, 0.1) is 0 Å². The molecule has 0 aromatic heterocycles. The van der Waals surface area contributed by atoms with Crippen LogP contribution < -0.4 is 5.32 Å². The fourth-order valence-electron chi connectivity index (χ4n) is 2.20. The van der Waals surface area contributed by atoms with Gasteiger partial charge in [0.15, 0.2) is 0 Å². The average Bonchev–Trinajstić information content (AvgIpc) is 2.25. The van der Waals surface area contributed by atoms with Crippen molar-refractivity contribution in [1.29, 1.82) is 0 Å². The van der Waals surface area contributed by atoms with E-state index in [9.17, 15) is 0 Å². The van der Waals surface area contributed by atoms with E-state index in [1.54, 1.807) is 0 Å². The maximum absolute atomic E-state index is 3.55. The SMILES string of the molecule is CNCC(CCC(C)(C)C)Cc1cccc(Br)c1. The predicted octanol–water partition coefficient (Wildman–Crippen LogP) is 4.65. The summed E-state index contributed by atoms with van der Waals surface area (Å²) >= 11 is 3.55. The summed E-state index contributed by atoms with van der Waals surface area (Å²) in [6.45, 7) is 8.07. The molecule has 0 saturated carbocycles. The van der Waals surface area contributed by atoms with Crippen LogP contribution in [0.2, 0.25) is 0 Å². The monoisotopic (exact) mass is 311 g/mol. The molecule has 2 heteroatoms. The van der Waals surface area contributed by atoms with Gasteiger partial charge in [0.25, 0.3) is 0 Å². The van der Waals surface area contributed by atoms with Crippen molar-refractivity contribution >= 4 is 15.9 Å². The third-order valence-electron chi connectivity index (χ3n) is 3.21. The highest BCUT2D eigenvalue weighted by Gasteiger charge is 2.15. The van der Waals surface area contributed by atoms with Gasteiger partial charge in [0.1, 0.15) is 0 Å². The van der Waals surface area contributed by atoms with E-state index in [0.717, 1.165) is 18.9 Å². The number of nitrogens with one attached hydrogen (secondary N) is 1. The van der Waals surface area contributed by atoms with Crippen LogP contribution >= 0.6 is 15.9 Å². The van der Waals surface area contributed by atoms with E-state index in [1.165, 1.54) is 22.9 Å². The second-order valence-corrected chi connectivity index (χ2v) is 7.27. The second-order valence-electron chi connectivity index (χ2n) is 6.36. The fourth-order valence-corrected chi connectivity index (χ4v) is 2.65. The van der Waals surface area contributed by atoms with Crippen LogP contribution in [-0.4, -0.2) is 13.6 Å². The van der Waals surface area contributed by atoms with E-state index in [4.69, 9.17) is 0 Å². The zero-order valence-electron chi connectivity index (χ0n) is 12.1. The van der Waals surface area contributed by atoms with Gasteiger partial charge in [-0.2, -0.15) is 0 Å². The largest absolute Gasteiger partial charge is 0.319 e. The van der Waals surface area contributed by atoms with Crippen LogP contribution in [0.15, 0.2) is 28.7 Å². The highest BCUT2D eigenvalue weighted by atomic mass is 79.9. The van der Waals surface area contributed by atoms with Crippen LogP contribution in [0, 0.1) is 11.3 Å². The molecule has 1 unspecified atom stereocenters. The predicted molar refractivity (Wildman–Crippen MR) is 84.0 cm³/mol. The molecule has 0 fully saturated rings. The van der Waals surface area contributed by atoms with Crippen molar-refractivity contribution < 1.29 is 0 Å². The lowest BCUT2D eigenvalue weighted by molar-refractivity contribution is 0.316. The summed E-state index contributed by atoms with van der Waals surface area (Å²) in [7, 11) is 2.05. The Balaban J connectivity index is 2.57. The van der Waals surface area contributed by atoms with Gasteiger partial charge in [-0.1, -0.05) is 48.8 Å². The lowest BCUT2D eigenvalue weighted by atomic mass is 9.84. The summed E-state index contributed by atoms with van der Waals surface area (Å²) < 4.78 is 1.18. The number of hydrogen-bond donors (Lipinski definition) is 1. The van der Waals surface area contributed by atoms with Crippen molar-refractivity contribution in [2.24, 2.45) is 11.3 Å². The third kappa shape index (κ3) is 6.55. The molecule has 1 nitrogen and oxygen atoms in total. The minimum absolute atomic E-state index is 0.434. The molecule has 0 bridgehead atoms. The van der Waals surface area contributed by atoms with Gasteiger partial charge in [-0.25, -0.2) is 0 Å². The van der Waals surface area contributed by atoms with Gasteiger partial charge < -0.3 is 5.32 Å². The van der Waals surface area contributed by atoms with Gasteiger partial charge in [0, 0.05) is 4.47 Å².